The minimum Gasteiger partial charge on any atom is -0.497 e. The average molecular weight is 325 g/mol. The van der Waals surface area contributed by atoms with Gasteiger partial charge in [-0.05, 0) is 29.7 Å². The van der Waals surface area contributed by atoms with Crippen LogP contribution in [0.5, 0.6) is 5.75 Å². The van der Waals surface area contributed by atoms with Crippen LogP contribution in [0.25, 0.3) is 0 Å². The van der Waals surface area contributed by atoms with Crippen molar-refractivity contribution in [3.8, 4) is 5.75 Å². The summed E-state index contributed by atoms with van der Waals surface area (Å²) in [5.41, 5.74) is 1.87. The summed E-state index contributed by atoms with van der Waals surface area (Å²) in [4.78, 5) is 25.8. The van der Waals surface area contributed by atoms with Gasteiger partial charge in [0.15, 0.2) is 0 Å². The topological polar surface area (TPSA) is 55.8 Å². The zero-order chi connectivity index (χ0) is 16.9. The Morgan fingerprint density at radius 1 is 1.17 bits per heavy atom. The van der Waals surface area contributed by atoms with Crippen LogP contribution in [0.15, 0.2) is 54.6 Å². The highest BCUT2D eigenvalue weighted by Gasteiger charge is 2.37. The molecule has 0 aromatic heterocycles. The summed E-state index contributed by atoms with van der Waals surface area (Å²) >= 11 is 0. The lowest BCUT2D eigenvalue weighted by Crippen LogP contribution is -2.41. The number of carbonyl (C=O) groups excluding carboxylic acids is 2. The molecule has 1 aliphatic heterocycles. The first-order valence-corrected chi connectivity index (χ1v) is 7.83. The molecule has 124 valence electrons. The molecule has 0 aliphatic carbocycles. The smallest absolute Gasteiger partial charge is 0.416 e. The van der Waals surface area contributed by atoms with Gasteiger partial charge in [-0.25, -0.2) is 9.69 Å². The number of nitrogens with zero attached hydrogens (tertiary/aromatic N) is 1. The zero-order valence-corrected chi connectivity index (χ0v) is 13.5. The molecular formula is C19H19NO4. The summed E-state index contributed by atoms with van der Waals surface area (Å²) in [7, 11) is 1.58. The molecular weight excluding hydrogens is 306 g/mol. The maximum absolute atomic E-state index is 12.6. The number of carbonyl (C=O) groups is 2. The summed E-state index contributed by atoms with van der Waals surface area (Å²) in [6.45, 7) is 0.234. The maximum atomic E-state index is 12.6. The molecule has 0 saturated carbocycles. The number of cyclic esters (lactones) is 1. The lowest BCUT2D eigenvalue weighted by molar-refractivity contribution is -0.128. The molecule has 1 saturated heterocycles. The van der Waals surface area contributed by atoms with Gasteiger partial charge in [0.2, 0.25) is 5.91 Å². The van der Waals surface area contributed by atoms with Gasteiger partial charge in [0.1, 0.15) is 12.4 Å². The van der Waals surface area contributed by atoms with Gasteiger partial charge in [-0.3, -0.25) is 4.79 Å². The second-order valence-corrected chi connectivity index (χ2v) is 5.71. The maximum Gasteiger partial charge on any atom is 0.416 e. The summed E-state index contributed by atoms with van der Waals surface area (Å²) in [6.07, 6.45) is 0.164. The van der Waals surface area contributed by atoms with E-state index in [4.69, 9.17) is 9.47 Å². The van der Waals surface area contributed by atoms with E-state index >= 15 is 0 Å². The van der Waals surface area contributed by atoms with Crippen molar-refractivity contribution in [2.75, 3.05) is 13.7 Å². The summed E-state index contributed by atoms with van der Waals surface area (Å²) in [5.74, 6) is 0.428. The first kappa shape index (κ1) is 16.1. The highest BCUT2D eigenvalue weighted by molar-refractivity contribution is 5.94. The number of hydrogen-bond donors (Lipinski definition) is 0. The average Bonchev–Trinajstić information content (AvgIpc) is 2.96. The molecule has 2 aromatic rings. The van der Waals surface area contributed by atoms with Crippen LogP contribution in [0.2, 0.25) is 0 Å². The number of benzene rings is 2. The van der Waals surface area contributed by atoms with E-state index in [-0.39, 0.29) is 25.0 Å². The van der Waals surface area contributed by atoms with E-state index in [9.17, 15) is 9.59 Å². The van der Waals surface area contributed by atoms with E-state index in [0.29, 0.717) is 12.2 Å². The molecule has 2 amide bonds. The molecule has 1 fully saturated rings. The molecule has 0 radical (unpaired) electrons. The van der Waals surface area contributed by atoms with Crippen LogP contribution in [0.4, 0.5) is 4.79 Å². The summed E-state index contributed by atoms with van der Waals surface area (Å²) < 4.78 is 10.3. The SMILES string of the molecule is COc1cccc(CC(=O)N2C(=O)OC[C@H]2Cc2ccccc2)c1. The molecule has 0 N–H and O–H groups in total. The van der Waals surface area contributed by atoms with Crippen LogP contribution < -0.4 is 4.74 Å². The Morgan fingerprint density at radius 2 is 1.92 bits per heavy atom. The lowest BCUT2D eigenvalue weighted by Gasteiger charge is -2.19. The predicted molar refractivity (Wildman–Crippen MR) is 88.8 cm³/mol. The van der Waals surface area contributed by atoms with Gasteiger partial charge in [0.25, 0.3) is 0 Å². The van der Waals surface area contributed by atoms with Crippen molar-refractivity contribution in [2.45, 2.75) is 18.9 Å². The predicted octanol–water partition coefficient (Wildman–Crippen LogP) is 2.83. The fraction of sp³-hybridized carbons (Fsp3) is 0.263. The highest BCUT2D eigenvalue weighted by atomic mass is 16.6. The fourth-order valence-electron chi connectivity index (χ4n) is 2.84. The number of imide groups is 1. The Balaban J connectivity index is 1.72. The number of rotatable bonds is 5. The van der Waals surface area contributed by atoms with Gasteiger partial charge in [-0.15, -0.1) is 0 Å². The van der Waals surface area contributed by atoms with E-state index in [1.165, 1.54) is 4.90 Å². The molecule has 0 bridgehead atoms. The van der Waals surface area contributed by atoms with Crippen LogP contribution in [0.3, 0.4) is 0 Å². The highest BCUT2D eigenvalue weighted by Crippen LogP contribution is 2.20. The monoisotopic (exact) mass is 325 g/mol. The minimum atomic E-state index is -0.566. The standard InChI is InChI=1S/C19H19NO4/c1-23-17-9-5-8-15(11-17)12-18(21)20-16(13-24-19(20)22)10-14-6-3-2-4-7-14/h2-9,11,16H,10,12-13H2,1H3/t16-/m1/s1. The Hall–Kier alpha value is -2.82. The van der Waals surface area contributed by atoms with Crippen molar-refractivity contribution in [3.63, 3.8) is 0 Å². The van der Waals surface area contributed by atoms with Crippen molar-refractivity contribution in [1.29, 1.82) is 0 Å². The normalized spacial score (nSPS) is 16.8. The number of hydrogen-bond acceptors (Lipinski definition) is 4. The first-order valence-electron chi connectivity index (χ1n) is 7.83. The zero-order valence-electron chi connectivity index (χ0n) is 13.5. The second-order valence-electron chi connectivity index (χ2n) is 5.71. The number of methoxy groups -OCH3 is 1. The van der Waals surface area contributed by atoms with E-state index in [1.54, 1.807) is 13.2 Å². The Morgan fingerprint density at radius 3 is 2.67 bits per heavy atom. The third kappa shape index (κ3) is 3.56. The molecule has 1 heterocycles. The molecule has 0 unspecified atom stereocenters. The molecule has 24 heavy (non-hydrogen) atoms. The molecule has 1 aliphatic rings. The van der Waals surface area contributed by atoms with Crippen molar-refractivity contribution in [2.24, 2.45) is 0 Å². The van der Waals surface area contributed by atoms with Gasteiger partial charge in [0.05, 0.1) is 19.6 Å². The van der Waals surface area contributed by atoms with Crippen LogP contribution in [-0.2, 0) is 22.4 Å². The molecule has 0 spiro atoms. The largest absolute Gasteiger partial charge is 0.497 e. The van der Waals surface area contributed by atoms with Crippen molar-refractivity contribution in [1.82, 2.24) is 4.90 Å². The Labute approximate surface area is 140 Å². The van der Waals surface area contributed by atoms with Gasteiger partial charge in [0, 0.05) is 0 Å². The van der Waals surface area contributed by atoms with E-state index in [0.717, 1.165) is 11.1 Å². The third-order valence-electron chi connectivity index (χ3n) is 4.03. The molecule has 5 heteroatoms. The number of ether oxygens (including phenoxy) is 2. The lowest BCUT2D eigenvalue weighted by atomic mass is 10.0. The van der Waals surface area contributed by atoms with Crippen LogP contribution in [0, 0.1) is 0 Å². The third-order valence-corrected chi connectivity index (χ3v) is 4.03. The molecule has 2 aromatic carbocycles. The second kappa shape index (κ2) is 7.17. The quantitative estimate of drug-likeness (QED) is 0.848. The van der Waals surface area contributed by atoms with Crippen LogP contribution in [0.1, 0.15) is 11.1 Å². The minimum absolute atomic E-state index is 0.136. The fourth-order valence-corrected chi connectivity index (χ4v) is 2.84. The van der Waals surface area contributed by atoms with Gasteiger partial charge < -0.3 is 9.47 Å². The van der Waals surface area contributed by atoms with Gasteiger partial charge in [-0.1, -0.05) is 42.5 Å². The molecule has 1 atom stereocenters. The van der Waals surface area contributed by atoms with Crippen LogP contribution in [-0.4, -0.2) is 36.7 Å². The van der Waals surface area contributed by atoms with E-state index in [1.807, 2.05) is 48.5 Å². The number of amides is 2. The molecule has 3 rings (SSSR count). The van der Waals surface area contributed by atoms with Crippen molar-refractivity contribution < 1.29 is 19.1 Å². The Kier molecular flexibility index (Phi) is 4.79. The molecule has 5 nitrogen and oxygen atoms in total. The summed E-state index contributed by atoms with van der Waals surface area (Å²) in [5, 5.41) is 0. The van der Waals surface area contributed by atoms with Crippen molar-refractivity contribution in [3.05, 3.63) is 65.7 Å². The first-order chi connectivity index (χ1) is 11.7. The van der Waals surface area contributed by atoms with Crippen molar-refractivity contribution >= 4 is 12.0 Å². The van der Waals surface area contributed by atoms with Gasteiger partial charge >= 0.3 is 6.09 Å². The van der Waals surface area contributed by atoms with Crippen LogP contribution >= 0.6 is 0 Å². The van der Waals surface area contributed by atoms with E-state index in [2.05, 4.69) is 0 Å². The van der Waals surface area contributed by atoms with Gasteiger partial charge in [-0.2, -0.15) is 0 Å². The summed E-state index contributed by atoms with van der Waals surface area (Å²) in [6, 6.07) is 16.8. The van der Waals surface area contributed by atoms with E-state index < -0.39 is 6.09 Å². The Bertz CT molecular complexity index is 729.